The molecule has 0 aliphatic rings. The quantitative estimate of drug-likeness (QED) is 0.321. The Balaban J connectivity index is 2.45. The Morgan fingerprint density at radius 3 is 2.15 bits per heavy atom. The summed E-state index contributed by atoms with van der Waals surface area (Å²) in [7, 11) is -3.18. The van der Waals surface area contributed by atoms with Crippen LogP contribution in [-0.2, 0) is 26.0 Å². The van der Waals surface area contributed by atoms with Crippen molar-refractivity contribution >= 4 is 27.4 Å². The number of hydrogen-bond donors (Lipinski definition) is 1. The molecule has 0 aliphatic carbocycles. The molecule has 0 amide bonds. The minimum atomic E-state index is -4.65. The Morgan fingerprint density at radius 2 is 1.67 bits per heavy atom. The van der Waals surface area contributed by atoms with Crippen LogP contribution in [0.4, 0.5) is 11.4 Å². The van der Waals surface area contributed by atoms with Crippen LogP contribution in [0.5, 0.6) is 5.75 Å². The fourth-order valence-corrected chi connectivity index (χ4v) is 4.12. The average Bonchev–Trinajstić information content (AvgIpc) is 2.71. The molecular formula is C20H23N3O9S. The van der Waals surface area contributed by atoms with Crippen LogP contribution in [0.2, 0.25) is 0 Å². The molecule has 0 bridgehead atoms. The van der Waals surface area contributed by atoms with Gasteiger partial charge in [-0.05, 0) is 51.0 Å². The van der Waals surface area contributed by atoms with Crippen LogP contribution in [0.3, 0.4) is 0 Å². The molecule has 0 aromatic heterocycles. The first kappa shape index (κ1) is 25.7. The van der Waals surface area contributed by atoms with Crippen molar-refractivity contribution in [3.63, 3.8) is 0 Å². The van der Waals surface area contributed by atoms with E-state index in [2.05, 4.69) is 4.72 Å². The zero-order chi connectivity index (χ0) is 25.0. The van der Waals surface area contributed by atoms with Crippen molar-refractivity contribution in [1.82, 2.24) is 4.72 Å². The van der Waals surface area contributed by atoms with Crippen LogP contribution in [0.25, 0.3) is 0 Å². The van der Waals surface area contributed by atoms with Crippen molar-refractivity contribution in [2.45, 2.75) is 43.7 Å². The summed E-state index contributed by atoms with van der Waals surface area (Å²) < 4.78 is 38.5. The lowest BCUT2D eigenvalue weighted by Crippen LogP contribution is -2.45. The van der Waals surface area contributed by atoms with Crippen molar-refractivity contribution in [3.05, 3.63) is 68.3 Å². The first-order valence-corrected chi connectivity index (χ1v) is 11.0. The second-order valence-corrected chi connectivity index (χ2v) is 9.61. The molecule has 1 N–H and O–H groups in total. The van der Waals surface area contributed by atoms with E-state index in [0.29, 0.717) is 17.4 Å². The first-order valence-electron chi connectivity index (χ1n) is 9.54. The van der Waals surface area contributed by atoms with Gasteiger partial charge in [-0.3, -0.25) is 25.0 Å². The van der Waals surface area contributed by atoms with Gasteiger partial charge in [-0.1, -0.05) is 12.1 Å². The van der Waals surface area contributed by atoms with E-state index >= 15 is 0 Å². The van der Waals surface area contributed by atoms with Crippen LogP contribution in [0.1, 0.15) is 26.3 Å². The van der Waals surface area contributed by atoms with Gasteiger partial charge in [0.2, 0.25) is 10.0 Å². The molecule has 0 radical (unpaired) electrons. The maximum atomic E-state index is 13.0. The molecule has 1 atom stereocenters. The number of rotatable bonds is 9. The molecular weight excluding hydrogens is 458 g/mol. The standard InChI is InChI=1S/C20H23N3O9S/c1-20(2,3)32-19(24)16(11-13-5-8-15(31-4)9-6-13)21-33(29,30)18-10-7-14(22(25)26)12-17(18)23(27)28/h5-10,12,16,21H,11H2,1-4H3. The number of nitrogens with one attached hydrogen (secondary N) is 1. The highest BCUT2D eigenvalue weighted by Gasteiger charge is 2.34. The predicted molar refractivity (Wildman–Crippen MR) is 116 cm³/mol. The molecule has 13 heteroatoms. The van der Waals surface area contributed by atoms with Gasteiger partial charge in [0.1, 0.15) is 17.4 Å². The molecule has 2 aromatic rings. The predicted octanol–water partition coefficient (Wildman–Crippen LogP) is 2.74. The number of carbonyl (C=O) groups is 1. The average molecular weight is 481 g/mol. The van der Waals surface area contributed by atoms with Crippen LogP contribution in [0.15, 0.2) is 47.4 Å². The summed E-state index contributed by atoms with van der Waals surface area (Å²) >= 11 is 0. The Labute approximate surface area is 189 Å². The number of non-ortho nitro benzene ring substituents is 1. The summed E-state index contributed by atoms with van der Waals surface area (Å²) in [6.45, 7) is 4.81. The molecule has 178 valence electrons. The van der Waals surface area contributed by atoms with Gasteiger partial charge in [-0.25, -0.2) is 8.42 Å². The molecule has 0 aliphatic heterocycles. The molecule has 0 saturated heterocycles. The van der Waals surface area contributed by atoms with Crippen LogP contribution in [0, 0.1) is 20.2 Å². The third-order valence-corrected chi connectivity index (χ3v) is 5.75. The normalized spacial score (nSPS) is 12.6. The second-order valence-electron chi connectivity index (χ2n) is 7.93. The Morgan fingerprint density at radius 1 is 1.06 bits per heavy atom. The zero-order valence-electron chi connectivity index (χ0n) is 18.3. The Kier molecular flexibility index (Phi) is 7.72. The highest BCUT2D eigenvalue weighted by Crippen LogP contribution is 2.29. The molecule has 0 saturated carbocycles. The lowest BCUT2D eigenvalue weighted by molar-refractivity contribution is -0.396. The summed E-state index contributed by atoms with van der Waals surface area (Å²) in [6.07, 6.45) is -0.126. The fraction of sp³-hybridized carbons (Fsp3) is 0.350. The molecule has 0 spiro atoms. The van der Waals surface area contributed by atoms with Crippen molar-refractivity contribution in [3.8, 4) is 5.75 Å². The number of sulfonamides is 1. The number of nitro benzene ring substituents is 2. The molecule has 2 aromatic carbocycles. The van der Waals surface area contributed by atoms with Crippen molar-refractivity contribution < 1.29 is 32.5 Å². The molecule has 0 heterocycles. The van der Waals surface area contributed by atoms with Gasteiger partial charge in [-0.2, -0.15) is 4.72 Å². The maximum Gasteiger partial charge on any atom is 0.325 e. The second kappa shape index (κ2) is 9.92. The van der Waals surface area contributed by atoms with E-state index in [1.807, 2.05) is 0 Å². The van der Waals surface area contributed by atoms with E-state index in [-0.39, 0.29) is 6.42 Å². The molecule has 12 nitrogen and oxygen atoms in total. The SMILES string of the molecule is COc1ccc(CC(NS(=O)(=O)c2ccc([N+](=O)[O-])cc2[N+](=O)[O-])C(=O)OC(C)(C)C)cc1. The molecule has 33 heavy (non-hydrogen) atoms. The van der Waals surface area contributed by atoms with Crippen LogP contribution < -0.4 is 9.46 Å². The Hall–Kier alpha value is -3.58. The van der Waals surface area contributed by atoms with Crippen molar-refractivity contribution in [2.24, 2.45) is 0 Å². The van der Waals surface area contributed by atoms with E-state index in [0.717, 1.165) is 12.1 Å². The molecule has 2 rings (SSSR count). The first-order chi connectivity index (χ1) is 15.2. The lowest BCUT2D eigenvalue weighted by Gasteiger charge is -2.24. The fourth-order valence-electron chi connectivity index (χ4n) is 2.78. The topological polar surface area (TPSA) is 168 Å². The summed E-state index contributed by atoms with van der Waals surface area (Å²) in [5.41, 5.74) is -2.01. The highest BCUT2D eigenvalue weighted by molar-refractivity contribution is 7.89. The number of nitro groups is 2. The van der Waals surface area contributed by atoms with Gasteiger partial charge in [0.15, 0.2) is 4.90 Å². The Bertz CT molecular complexity index is 1160. The van der Waals surface area contributed by atoms with Crippen LogP contribution in [-0.4, -0.2) is 43.0 Å². The minimum absolute atomic E-state index is 0.126. The largest absolute Gasteiger partial charge is 0.497 e. The summed E-state index contributed by atoms with van der Waals surface area (Å²) in [6, 6.07) is 7.18. The summed E-state index contributed by atoms with van der Waals surface area (Å²) in [5.74, 6) is -0.346. The highest BCUT2D eigenvalue weighted by atomic mass is 32.2. The van der Waals surface area contributed by atoms with Crippen LogP contribution >= 0.6 is 0 Å². The lowest BCUT2D eigenvalue weighted by atomic mass is 10.1. The minimum Gasteiger partial charge on any atom is -0.497 e. The van der Waals surface area contributed by atoms with E-state index in [4.69, 9.17) is 9.47 Å². The van der Waals surface area contributed by atoms with E-state index in [1.54, 1.807) is 45.0 Å². The van der Waals surface area contributed by atoms with Gasteiger partial charge in [0, 0.05) is 6.07 Å². The van der Waals surface area contributed by atoms with Gasteiger partial charge >= 0.3 is 5.97 Å². The number of hydrogen-bond acceptors (Lipinski definition) is 9. The summed E-state index contributed by atoms with van der Waals surface area (Å²) in [4.78, 5) is 32.3. The molecule has 0 fully saturated rings. The van der Waals surface area contributed by atoms with Gasteiger partial charge in [-0.15, -0.1) is 0 Å². The summed E-state index contributed by atoms with van der Waals surface area (Å²) in [5, 5.41) is 22.3. The number of methoxy groups -OCH3 is 1. The third kappa shape index (κ3) is 6.95. The van der Waals surface area contributed by atoms with Gasteiger partial charge < -0.3 is 9.47 Å². The van der Waals surface area contributed by atoms with E-state index < -0.39 is 53.8 Å². The monoisotopic (exact) mass is 481 g/mol. The van der Waals surface area contributed by atoms with Crippen molar-refractivity contribution in [1.29, 1.82) is 0 Å². The number of carbonyl (C=O) groups excluding carboxylic acids is 1. The number of nitrogens with zero attached hydrogens (tertiary/aromatic N) is 2. The van der Waals surface area contributed by atoms with Gasteiger partial charge in [0.25, 0.3) is 11.4 Å². The van der Waals surface area contributed by atoms with E-state index in [1.165, 1.54) is 7.11 Å². The smallest absolute Gasteiger partial charge is 0.325 e. The van der Waals surface area contributed by atoms with E-state index in [9.17, 15) is 33.4 Å². The molecule has 1 unspecified atom stereocenters. The number of benzene rings is 2. The zero-order valence-corrected chi connectivity index (χ0v) is 19.1. The van der Waals surface area contributed by atoms with Crippen molar-refractivity contribution in [2.75, 3.05) is 7.11 Å². The van der Waals surface area contributed by atoms with Gasteiger partial charge in [0.05, 0.1) is 23.0 Å². The maximum absolute atomic E-state index is 13.0. The third-order valence-electron chi connectivity index (χ3n) is 4.23. The number of ether oxygens (including phenoxy) is 2. The number of esters is 1.